The van der Waals surface area contributed by atoms with Gasteiger partial charge in [-0.05, 0) is 81.9 Å². The van der Waals surface area contributed by atoms with Crippen molar-refractivity contribution in [2.45, 2.75) is 63.5 Å². The number of nitrogens with zero attached hydrogens (tertiary/aromatic N) is 3. The molecule has 0 radical (unpaired) electrons. The van der Waals surface area contributed by atoms with Crippen LogP contribution in [-0.2, 0) is 6.54 Å². The highest BCUT2D eigenvalue weighted by molar-refractivity contribution is 5.86. The highest BCUT2D eigenvalue weighted by atomic mass is 35.5. The summed E-state index contributed by atoms with van der Waals surface area (Å²) in [4.78, 5) is 10.1. The number of benzene rings is 1. The Morgan fingerprint density at radius 3 is 1.90 bits per heavy atom. The molecule has 0 bridgehead atoms. The van der Waals surface area contributed by atoms with Crippen LogP contribution in [0.25, 0.3) is 11.1 Å². The third kappa shape index (κ3) is 6.36. The Morgan fingerprint density at radius 1 is 0.710 bits per heavy atom. The first kappa shape index (κ1) is 26.4. The number of piperidine rings is 1. The molecule has 3 fully saturated rings. The third-order valence-corrected chi connectivity index (χ3v) is 7.22. The van der Waals surface area contributed by atoms with Crippen molar-refractivity contribution in [3.8, 4) is 11.1 Å². The SMILES string of the molecule is Cl.Cl.Cl.c1cc(-c2ccc(C3CCN(C4CCC4)CC3)nc2)ccc1CN1CCCC1. The lowest BCUT2D eigenvalue weighted by Crippen LogP contribution is -2.44. The molecule has 1 aromatic carbocycles. The van der Waals surface area contributed by atoms with Crippen molar-refractivity contribution in [2.24, 2.45) is 0 Å². The van der Waals surface area contributed by atoms with Gasteiger partial charge in [0.05, 0.1) is 0 Å². The molecular formula is C25H36Cl3N3. The van der Waals surface area contributed by atoms with Gasteiger partial charge in [-0.2, -0.15) is 0 Å². The molecule has 172 valence electrons. The number of hydrogen-bond donors (Lipinski definition) is 0. The van der Waals surface area contributed by atoms with Crippen LogP contribution in [0, 0.1) is 0 Å². The van der Waals surface area contributed by atoms with Crippen molar-refractivity contribution in [1.29, 1.82) is 0 Å². The van der Waals surface area contributed by atoms with E-state index in [4.69, 9.17) is 4.98 Å². The number of hydrogen-bond acceptors (Lipinski definition) is 3. The Hall–Kier alpha value is -0.840. The van der Waals surface area contributed by atoms with E-state index in [1.807, 2.05) is 0 Å². The zero-order chi connectivity index (χ0) is 18.8. The molecule has 3 heterocycles. The van der Waals surface area contributed by atoms with Crippen molar-refractivity contribution >= 4 is 37.2 Å². The smallest absolute Gasteiger partial charge is 0.0435 e. The predicted octanol–water partition coefficient (Wildman–Crippen LogP) is 6.34. The van der Waals surface area contributed by atoms with Crippen LogP contribution in [0.15, 0.2) is 42.6 Å². The summed E-state index contributed by atoms with van der Waals surface area (Å²) in [5, 5.41) is 0. The van der Waals surface area contributed by atoms with E-state index >= 15 is 0 Å². The molecule has 2 aromatic rings. The summed E-state index contributed by atoms with van der Waals surface area (Å²) in [5.74, 6) is 0.646. The van der Waals surface area contributed by atoms with E-state index in [9.17, 15) is 0 Å². The fourth-order valence-electron chi connectivity index (χ4n) is 5.13. The second-order valence-electron chi connectivity index (χ2n) is 9.05. The Kier molecular flexibility index (Phi) is 10.6. The maximum Gasteiger partial charge on any atom is 0.0435 e. The molecule has 3 aliphatic rings. The monoisotopic (exact) mass is 483 g/mol. The van der Waals surface area contributed by atoms with Crippen LogP contribution in [0.5, 0.6) is 0 Å². The molecule has 0 unspecified atom stereocenters. The molecule has 6 heteroatoms. The van der Waals surface area contributed by atoms with Crippen LogP contribution < -0.4 is 0 Å². The number of likely N-dealkylation sites (tertiary alicyclic amines) is 2. The maximum absolute atomic E-state index is 4.86. The van der Waals surface area contributed by atoms with E-state index in [1.165, 1.54) is 93.5 Å². The van der Waals surface area contributed by atoms with E-state index in [0.29, 0.717) is 5.92 Å². The fraction of sp³-hybridized carbons (Fsp3) is 0.560. The van der Waals surface area contributed by atoms with Crippen LogP contribution in [0.2, 0.25) is 0 Å². The average molecular weight is 485 g/mol. The van der Waals surface area contributed by atoms with Crippen molar-refractivity contribution in [3.63, 3.8) is 0 Å². The third-order valence-electron chi connectivity index (χ3n) is 7.22. The number of halogens is 3. The normalized spacial score (nSPS) is 20.3. The first-order valence-electron chi connectivity index (χ1n) is 11.4. The van der Waals surface area contributed by atoms with Gasteiger partial charge in [-0.1, -0.05) is 36.8 Å². The van der Waals surface area contributed by atoms with E-state index < -0.39 is 0 Å². The van der Waals surface area contributed by atoms with Gasteiger partial charge in [0.1, 0.15) is 0 Å². The molecule has 0 atom stereocenters. The molecule has 31 heavy (non-hydrogen) atoms. The minimum atomic E-state index is 0. The molecule has 1 aromatic heterocycles. The van der Waals surface area contributed by atoms with Gasteiger partial charge in [0.2, 0.25) is 0 Å². The van der Waals surface area contributed by atoms with Gasteiger partial charge in [-0.3, -0.25) is 9.88 Å². The van der Waals surface area contributed by atoms with E-state index in [-0.39, 0.29) is 37.2 Å². The fourth-order valence-corrected chi connectivity index (χ4v) is 5.13. The first-order valence-corrected chi connectivity index (χ1v) is 11.4. The van der Waals surface area contributed by atoms with Crippen LogP contribution in [0.1, 0.15) is 62.1 Å². The summed E-state index contributed by atoms with van der Waals surface area (Å²) in [7, 11) is 0. The molecule has 2 aliphatic heterocycles. The lowest BCUT2D eigenvalue weighted by atomic mass is 9.86. The van der Waals surface area contributed by atoms with Crippen LogP contribution in [0.4, 0.5) is 0 Å². The van der Waals surface area contributed by atoms with E-state index in [0.717, 1.165) is 12.6 Å². The van der Waals surface area contributed by atoms with Crippen molar-refractivity contribution in [3.05, 3.63) is 53.9 Å². The lowest BCUT2D eigenvalue weighted by Gasteiger charge is -2.41. The summed E-state index contributed by atoms with van der Waals surface area (Å²) in [6, 6.07) is 14.5. The summed E-state index contributed by atoms with van der Waals surface area (Å²) in [6.45, 7) is 6.13. The average Bonchev–Trinajstić information content (AvgIpc) is 3.21. The van der Waals surface area contributed by atoms with Crippen LogP contribution in [-0.4, -0.2) is 47.0 Å². The lowest BCUT2D eigenvalue weighted by molar-refractivity contribution is 0.0970. The van der Waals surface area contributed by atoms with E-state index in [1.54, 1.807) is 0 Å². The number of aromatic nitrogens is 1. The molecule has 3 nitrogen and oxygen atoms in total. The number of pyridine rings is 1. The van der Waals surface area contributed by atoms with Gasteiger partial charge in [0.15, 0.2) is 0 Å². The van der Waals surface area contributed by atoms with Crippen molar-refractivity contribution in [2.75, 3.05) is 26.2 Å². The van der Waals surface area contributed by atoms with E-state index in [2.05, 4.69) is 52.4 Å². The van der Waals surface area contributed by atoms with Crippen LogP contribution in [0.3, 0.4) is 0 Å². The molecule has 0 N–H and O–H groups in total. The topological polar surface area (TPSA) is 19.4 Å². The van der Waals surface area contributed by atoms with Gasteiger partial charge >= 0.3 is 0 Å². The summed E-state index contributed by atoms with van der Waals surface area (Å²) >= 11 is 0. The number of rotatable bonds is 5. The van der Waals surface area contributed by atoms with Crippen molar-refractivity contribution in [1.82, 2.24) is 14.8 Å². The largest absolute Gasteiger partial charge is 0.300 e. The molecule has 5 rings (SSSR count). The second kappa shape index (κ2) is 12.4. The molecule has 0 spiro atoms. The zero-order valence-corrected chi connectivity index (χ0v) is 20.7. The van der Waals surface area contributed by atoms with Gasteiger partial charge in [-0.15, -0.1) is 37.2 Å². The molecule has 1 saturated carbocycles. The Bertz CT molecular complexity index is 764. The van der Waals surface area contributed by atoms with Gasteiger partial charge in [0, 0.05) is 36.0 Å². The van der Waals surface area contributed by atoms with Gasteiger partial charge in [-0.25, -0.2) is 0 Å². The Labute approximate surface area is 206 Å². The molecule has 2 saturated heterocycles. The van der Waals surface area contributed by atoms with Crippen molar-refractivity contribution < 1.29 is 0 Å². The Balaban J connectivity index is 0.00000114. The highest BCUT2D eigenvalue weighted by Crippen LogP contribution is 2.33. The summed E-state index contributed by atoms with van der Waals surface area (Å²) in [5.41, 5.74) is 5.24. The molecule has 1 aliphatic carbocycles. The first-order chi connectivity index (χ1) is 13.8. The Morgan fingerprint density at radius 2 is 1.35 bits per heavy atom. The minimum Gasteiger partial charge on any atom is -0.300 e. The quantitative estimate of drug-likeness (QED) is 0.493. The zero-order valence-electron chi connectivity index (χ0n) is 18.2. The predicted molar refractivity (Wildman–Crippen MR) is 137 cm³/mol. The van der Waals surface area contributed by atoms with Gasteiger partial charge < -0.3 is 4.90 Å². The highest BCUT2D eigenvalue weighted by Gasteiger charge is 2.29. The van der Waals surface area contributed by atoms with Crippen LogP contribution >= 0.6 is 37.2 Å². The summed E-state index contributed by atoms with van der Waals surface area (Å²) < 4.78 is 0. The summed E-state index contributed by atoms with van der Waals surface area (Å²) in [6.07, 6.45) is 11.6. The molecule has 0 amide bonds. The molecular weight excluding hydrogens is 449 g/mol. The second-order valence-corrected chi connectivity index (χ2v) is 9.05. The standard InChI is InChI=1S/C25H33N3.3ClH/c1-2-15-27(14-1)19-20-6-8-21(9-7-20)23-10-11-25(26-18-23)22-12-16-28(17-13-22)24-4-3-5-24;;;/h6-11,18,22,24H,1-5,12-17,19H2;3*1H. The minimum absolute atomic E-state index is 0. The maximum atomic E-state index is 4.86. The van der Waals surface area contributed by atoms with Gasteiger partial charge in [0.25, 0.3) is 0 Å².